The van der Waals surface area contributed by atoms with E-state index in [1.165, 1.54) is 16.2 Å². The SMILES string of the molecule is O=C(C1=C(O)C(=O)N(c2nncs2)C1C1CC2C=CC1C2)C1CC1. The van der Waals surface area contributed by atoms with Crippen molar-refractivity contribution >= 4 is 28.2 Å². The Morgan fingerprint density at radius 2 is 2.12 bits per heavy atom. The smallest absolute Gasteiger partial charge is 0.296 e. The Hall–Kier alpha value is -2.02. The van der Waals surface area contributed by atoms with E-state index in [4.69, 9.17) is 0 Å². The lowest BCUT2D eigenvalue weighted by atomic mass is 9.81. The summed E-state index contributed by atoms with van der Waals surface area (Å²) in [4.78, 5) is 27.0. The van der Waals surface area contributed by atoms with Gasteiger partial charge in [0, 0.05) is 5.92 Å². The summed E-state index contributed by atoms with van der Waals surface area (Å²) in [5.41, 5.74) is 1.89. The highest BCUT2D eigenvalue weighted by molar-refractivity contribution is 7.13. The van der Waals surface area contributed by atoms with E-state index in [1.54, 1.807) is 5.51 Å². The summed E-state index contributed by atoms with van der Waals surface area (Å²) in [5, 5.41) is 18.8. The van der Waals surface area contributed by atoms with E-state index in [2.05, 4.69) is 22.3 Å². The Bertz CT molecular complexity index is 781. The molecule has 0 spiro atoms. The zero-order chi connectivity index (χ0) is 16.4. The summed E-state index contributed by atoms with van der Waals surface area (Å²) >= 11 is 1.26. The fraction of sp³-hybridized carbons (Fsp3) is 0.529. The van der Waals surface area contributed by atoms with Crippen LogP contribution in [0, 0.1) is 23.7 Å². The van der Waals surface area contributed by atoms with E-state index < -0.39 is 11.9 Å². The molecule has 0 aromatic carbocycles. The fourth-order valence-electron chi connectivity index (χ4n) is 4.52. The molecule has 4 unspecified atom stereocenters. The first-order valence-electron chi connectivity index (χ1n) is 8.40. The molecule has 24 heavy (non-hydrogen) atoms. The van der Waals surface area contributed by atoms with E-state index in [9.17, 15) is 14.7 Å². The number of hydrogen-bond donors (Lipinski definition) is 1. The molecule has 1 aromatic rings. The molecule has 2 bridgehead atoms. The average Bonchev–Trinajstić information content (AvgIpc) is 2.95. The third-order valence-electron chi connectivity index (χ3n) is 5.75. The Morgan fingerprint density at radius 1 is 1.29 bits per heavy atom. The lowest BCUT2D eigenvalue weighted by molar-refractivity contribution is -0.118. The Balaban J connectivity index is 1.60. The molecule has 1 amide bonds. The van der Waals surface area contributed by atoms with Crippen LogP contribution in [0.25, 0.3) is 0 Å². The second-order valence-corrected chi connectivity index (χ2v) is 8.00. The minimum Gasteiger partial charge on any atom is -0.503 e. The molecular weight excluding hydrogens is 326 g/mol. The van der Waals surface area contributed by atoms with Gasteiger partial charge in [0.1, 0.15) is 5.51 Å². The maximum Gasteiger partial charge on any atom is 0.296 e. The van der Waals surface area contributed by atoms with Crippen molar-refractivity contribution in [2.45, 2.75) is 31.7 Å². The second kappa shape index (κ2) is 4.99. The highest BCUT2D eigenvalue weighted by Crippen LogP contribution is 2.51. The van der Waals surface area contributed by atoms with Crippen LogP contribution in [-0.2, 0) is 9.59 Å². The van der Waals surface area contributed by atoms with Gasteiger partial charge in [0.25, 0.3) is 5.91 Å². The van der Waals surface area contributed by atoms with E-state index in [0.29, 0.717) is 22.5 Å². The molecule has 2 fully saturated rings. The van der Waals surface area contributed by atoms with Crippen LogP contribution in [0.3, 0.4) is 0 Å². The van der Waals surface area contributed by atoms with Crippen LogP contribution in [0.15, 0.2) is 29.0 Å². The number of fused-ring (bicyclic) bond motifs is 2. The van der Waals surface area contributed by atoms with Crippen LogP contribution in [0.5, 0.6) is 0 Å². The molecule has 4 aliphatic rings. The van der Waals surface area contributed by atoms with Crippen molar-refractivity contribution in [3.63, 3.8) is 0 Å². The largest absolute Gasteiger partial charge is 0.503 e. The summed E-state index contributed by atoms with van der Waals surface area (Å²) in [6.07, 6.45) is 8.17. The quantitative estimate of drug-likeness (QED) is 0.848. The number of aromatic nitrogens is 2. The predicted molar refractivity (Wildman–Crippen MR) is 87.4 cm³/mol. The molecule has 2 saturated carbocycles. The van der Waals surface area contributed by atoms with Gasteiger partial charge in [-0.15, -0.1) is 10.2 Å². The number of aliphatic hydroxyl groups is 1. The minimum atomic E-state index is -0.507. The van der Waals surface area contributed by atoms with Crippen molar-refractivity contribution < 1.29 is 14.7 Å². The molecule has 1 aromatic heterocycles. The van der Waals surface area contributed by atoms with Gasteiger partial charge in [0.05, 0.1) is 11.6 Å². The average molecular weight is 343 g/mol. The summed E-state index contributed by atoms with van der Waals surface area (Å²) in [6, 6.07) is -0.404. The number of rotatable bonds is 4. The van der Waals surface area contributed by atoms with E-state index in [-0.39, 0.29) is 23.4 Å². The molecule has 6 nitrogen and oxygen atoms in total. The summed E-state index contributed by atoms with van der Waals surface area (Å²) < 4.78 is 0. The standard InChI is InChI=1S/C17H17N3O3S/c21-14(9-3-4-9)12-13(11-6-8-1-2-10(11)5-8)20(16(23)15(12)22)17-19-18-7-24-17/h1-2,7-11,13,22H,3-6H2. The minimum absolute atomic E-state index is 0.0269. The van der Waals surface area contributed by atoms with Crippen molar-refractivity contribution in [2.24, 2.45) is 23.7 Å². The number of Topliss-reactive ketones (excluding diaryl/α,β-unsaturated/α-hetero) is 1. The Morgan fingerprint density at radius 3 is 2.71 bits per heavy atom. The predicted octanol–water partition coefficient (Wildman–Crippen LogP) is 2.26. The molecule has 3 aliphatic carbocycles. The van der Waals surface area contributed by atoms with Crippen LogP contribution >= 0.6 is 11.3 Å². The fourth-order valence-corrected chi connectivity index (χ4v) is 5.12. The van der Waals surface area contributed by atoms with Gasteiger partial charge in [-0.25, -0.2) is 0 Å². The third-order valence-corrected chi connectivity index (χ3v) is 6.44. The molecule has 2 heterocycles. The number of nitrogens with zero attached hydrogens (tertiary/aromatic N) is 3. The highest BCUT2D eigenvalue weighted by Gasteiger charge is 2.54. The van der Waals surface area contributed by atoms with Gasteiger partial charge in [0.2, 0.25) is 5.13 Å². The Kier molecular flexibility index (Phi) is 2.98. The van der Waals surface area contributed by atoms with Crippen LogP contribution in [0.4, 0.5) is 5.13 Å². The Labute approximate surface area is 142 Å². The summed E-state index contributed by atoms with van der Waals surface area (Å²) in [6.45, 7) is 0. The number of carbonyl (C=O) groups is 2. The number of aliphatic hydroxyl groups excluding tert-OH is 1. The lowest BCUT2D eigenvalue weighted by Gasteiger charge is -2.32. The van der Waals surface area contributed by atoms with Crippen molar-refractivity contribution in [2.75, 3.05) is 4.90 Å². The number of hydrogen-bond acceptors (Lipinski definition) is 6. The number of amides is 1. The molecule has 0 radical (unpaired) electrons. The first-order valence-corrected chi connectivity index (χ1v) is 9.28. The van der Waals surface area contributed by atoms with E-state index >= 15 is 0 Å². The van der Waals surface area contributed by atoms with Gasteiger partial charge in [-0.3, -0.25) is 14.5 Å². The summed E-state index contributed by atoms with van der Waals surface area (Å²) in [5.74, 6) is 0.0784. The molecule has 7 heteroatoms. The first-order chi connectivity index (χ1) is 11.6. The third kappa shape index (κ3) is 1.94. The van der Waals surface area contributed by atoms with Crippen molar-refractivity contribution in [1.82, 2.24) is 10.2 Å². The van der Waals surface area contributed by atoms with Gasteiger partial charge >= 0.3 is 0 Å². The van der Waals surface area contributed by atoms with Crippen LogP contribution in [0.2, 0.25) is 0 Å². The van der Waals surface area contributed by atoms with Gasteiger partial charge < -0.3 is 5.11 Å². The molecule has 1 N–H and O–H groups in total. The zero-order valence-electron chi connectivity index (χ0n) is 13.0. The van der Waals surface area contributed by atoms with Crippen LogP contribution < -0.4 is 4.90 Å². The highest BCUT2D eigenvalue weighted by atomic mass is 32.1. The second-order valence-electron chi connectivity index (χ2n) is 7.19. The topological polar surface area (TPSA) is 83.4 Å². The number of ketones is 1. The molecule has 1 aliphatic heterocycles. The molecule has 5 rings (SSSR count). The normalized spacial score (nSPS) is 34.7. The van der Waals surface area contributed by atoms with Gasteiger partial charge in [-0.05, 0) is 43.4 Å². The van der Waals surface area contributed by atoms with E-state index in [0.717, 1.165) is 25.7 Å². The maximum atomic E-state index is 12.8. The number of anilines is 1. The van der Waals surface area contributed by atoms with Crippen LogP contribution in [0.1, 0.15) is 25.7 Å². The van der Waals surface area contributed by atoms with Crippen molar-refractivity contribution in [3.05, 3.63) is 29.0 Å². The molecular formula is C17H17N3O3S. The monoisotopic (exact) mass is 343 g/mol. The maximum absolute atomic E-state index is 12.8. The molecule has 4 atom stereocenters. The van der Waals surface area contributed by atoms with E-state index in [1.807, 2.05) is 0 Å². The van der Waals surface area contributed by atoms with Gasteiger partial charge in [-0.1, -0.05) is 23.5 Å². The molecule has 124 valence electrons. The van der Waals surface area contributed by atoms with Crippen molar-refractivity contribution in [1.29, 1.82) is 0 Å². The summed E-state index contributed by atoms with van der Waals surface area (Å²) in [7, 11) is 0. The number of allylic oxidation sites excluding steroid dienone is 2. The number of carbonyl (C=O) groups excluding carboxylic acids is 2. The molecule has 0 saturated heterocycles. The lowest BCUT2D eigenvalue weighted by Crippen LogP contribution is -2.43. The zero-order valence-corrected chi connectivity index (χ0v) is 13.8. The first kappa shape index (κ1) is 14.3. The van der Waals surface area contributed by atoms with Gasteiger partial charge in [-0.2, -0.15) is 0 Å². The van der Waals surface area contributed by atoms with Gasteiger partial charge in [0.15, 0.2) is 11.5 Å². The van der Waals surface area contributed by atoms with Crippen LogP contribution in [-0.4, -0.2) is 33.0 Å². The van der Waals surface area contributed by atoms with Crippen molar-refractivity contribution in [3.8, 4) is 0 Å².